The Labute approximate surface area is 92.3 Å². The zero-order valence-electron chi connectivity index (χ0n) is 9.99. The van der Waals surface area contributed by atoms with Crippen LogP contribution in [0.2, 0.25) is 0 Å². The number of carbonyl (C=O) groups is 1. The van der Waals surface area contributed by atoms with Crippen molar-refractivity contribution in [2.45, 2.75) is 58.5 Å². The summed E-state index contributed by atoms with van der Waals surface area (Å²) < 4.78 is 0. The zero-order valence-corrected chi connectivity index (χ0v) is 9.99. The largest absolute Gasteiger partial charge is 0.481 e. The first kappa shape index (κ1) is 12.5. The van der Waals surface area contributed by atoms with E-state index in [4.69, 9.17) is 5.11 Å². The Hall–Kier alpha value is -0.570. The molecule has 2 unspecified atom stereocenters. The van der Waals surface area contributed by atoms with E-state index in [1.54, 1.807) is 6.92 Å². The molecule has 0 aromatic carbocycles. The quantitative estimate of drug-likeness (QED) is 0.753. The molecule has 0 aromatic rings. The van der Waals surface area contributed by atoms with Crippen LogP contribution in [0.1, 0.15) is 46.5 Å². The van der Waals surface area contributed by atoms with E-state index in [1.165, 1.54) is 25.7 Å². The maximum absolute atomic E-state index is 10.8. The molecule has 0 spiro atoms. The Balaban J connectivity index is 2.32. The van der Waals surface area contributed by atoms with Crippen molar-refractivity contribution >= 4 is 5.97 Å². The van der Waals surface area contributed by atoms with Crippen molar-refractivity contribution in [3.63, 3.8) is 0 Å². The predicted octanol–water partition coefficient (Wildman–Crippen LogP) is 2.26. The molecule has 3 heteroatoms. The lowest BCUT2D eigenvalue weighted by atomic mass is 9.86. The van der Waals surface area contributed by atoms with Crippen LogP contribution in [-0.4, -0.2) is 23.2 Å². The molecule has 0 saturated heterocycles. The van der Waals surface area contributed by atoms with Crippen LogP contribution < -0.4 is 5.32 Å². The first-order valence-electron chi connectivity index (χ1n) is 5.99. The number of hydrogen-bond acceptors (Lipinski definition) is 2. The van der Waals surface area contributed by atoms with Crippen LogP contribution in [0.3, 0.4) is 0 Å². The maximum atomic E-state index is 10.8. The summed E-state index contributed by atoms with van der Waals surface area (Å²) in [5.41, 5.74) is 0. The Kier molecular flexibility index (Phi) is 4.58. The van der Waals surface area contributed by atoms with Crippen LogP contribution in [-0.2, 0) is 4.79 Å². The fourth-order valence-electron chi connectivity index (χ4n) is 2.16. The number of nitrogens with one attached hydrogen (secondary N) is 1. The lowest BCUT2D eigenvalue weighted by molar-refractivity contribution is -0.142. The summed E-state index contributed by atoms with van der Waals surface area (Å²) in [6.07, 6.45) is 4.92. The summed E-state index contributed by atoms with van der Waals surface area (Å²) in [7, 11) is 0. The van der Waals surface area contributed by atoms with Crippen molar-refractivity contribution in [3.8, 4) is 0 Å². The SMILES string of the molecule is CC1CCC(NC(C)C(C)C(=O)O)CC1. The monoisotopic (exact) mass is 213 g/mol. The predicted molar refractivity (Wildman–Crippen MR) is 60.8 cm³/mol. The molecule has 3 nitrogen and oxygen atoms in total. The summed E-state index contributed by atoms with van der Waals surface area (Å²) in [6, 6.07) is 0.596. The Morgan fingerprint density at radius 1 is 1.27 bits per heavy atom. The highest BCUT2D eigenvalue weighted by Gasteiger charge is 2.24. The van der Waals surface area contributed by atoms with Gasteiger partial charge >= 0.3 is 5.97 Å². The minimum absolute atomic E-state index is 0.0703. The molecular formula is C12H23NO2. The second-order valence-corrected chi connectivity index (χ2v) is 5.04. The molecule has 15 heavy (non-hydrogen) atoms. The molecule has 2 N–H and O–H groups in total. The van der Waals surface area contributed by atoms with Gasteiger partial charge in [0.1, 0.15) is 0 Å². The molecular weight excluding hydrogens is 190 g/mol. The third-order valence-electron chi connectivity index (χ3n) is 3.65. The van der Waals surface area contributed by atoms with E-state index in [9.17, 15) is 4.79 Å². The van der Waals surface area contributed by atoms with Gasteiger partial charge in [0.05, 0.1) is 5.92 Å². The second kappa shape index (κ2) is 5.50. The van der Waals surface area contributed by atoms with E-state index in [0.29, 0.717) is 6.04 Å². The van der Waals surface area contributed by atoms with Gasteiger partial charge in [0.2, 0.25) is 0 Å². The van der Waals surface area contributed by atoms with Gasteiger partial charge in [-0.25, -0.2) is 0 Å². The van der Waals surface area contributed by atoms with Gasteiger partial charge in [-0.3, -0.25) is 4.79 Å². The number of aliphatic carboxylic acids is 1. The van der Waals surface area contributed by atoms with Gasteiger partial charge in [-0.15, -0.1) is 0 Å². The van der Waals surface area contributed by atoms with Crippen LogP contribution in [0.25, 0.3) is 0 Å². The molecule has 0 radical (unpaired) electrons. The second-order valence-electron chi connectivity index (χ2n) is 5.04. The summed E-state index contributed by atoms with van der Waals surface area (Å²) >= 11 is 0. The third-order valence-corrected chi connectivity index (χ3v) is 3.65. The van der Waals surface area contributed by atoms with Gasteiger partial charge in [-0.05, 0) is 38.5 Å². The zero-order chi connectivity index (χ0) is 11.4. The van der Waals surface area contributed by atoms with E-state index in [1.807, 2.05) is 6.92 Å². The minimum Gasteiger partial charge on any atom is -0.481 e. The Morgan fingerprint density at radius 2 is 1.80 bits per heavy atom. The normalized spacial score (nSPS) is 30.9. The van der Waals surface area contributed by atoms with E-state index in [0.717, 1.165) is 5.92 Å². The van der Waals surface area contributed by atoms with Gasteiger partial charge in [-0.2, -0.15) is 0 Å². The highest BCUT2D eigenvalue weighted by atomic mass is 16.4. The minimum atomic E-state index is -0.709. The van der Waals surface area contributed by atoms with Gasteiger partial charge in [0.25, 0.3) is 0 Å². The maximum Gasteiger partial charge on any atom is 0.307 e. The molecule has 0 aromatic heterocycles. The van der Waals surface area contributed by atoms with Crippen molar-refractivity contribution in [2.75, 3.05) is 0 Å². The third kappa shape index (κ3) is 3.82. The summed E-state index contributed by atoms with van der Waals surface area (Å²) in [4.78, 5) is 10.8. The molecule has 2 atom stereocenters. The van der Waals surface area contributed by atoms with Gasteiger partial charge in [0.15, 0.2) is 0 Å². The van der Waals surface area contributed by atoms with Crippen LogP contribution in [0, 0.1) is 11.8 Å². The van der Waals surface area contributed by atoms with Crippen molar-refractivity contribution in [1.82, 2.24) is 5.32 Å². The van der Waals surface area contributed by atoms with Crippen molar-refractivity contribution in [3.05, 3.63) is 0 Å². The molecule has 1 saturated carbocycles. The standard InChI is InChI=1S/C12H23NO2/c1-8-4-6-11(7-5-8)13-10(3)9(2)12(14)15/h8-11,13H,4-7H2,1-3H3,(H,14,15). The summed E-state index contributed by atoms with van der Waals surface area (Å²) in [5.74, 6) is -0.168. The lowest BCUT2D eigenvalue weighted by Gasteiger charge is -2.30. The molecule has 1 aliphatic rings. The van der Waals surface area contributed by atoms with Crippen molar-refractivity contribution in [2.24, 2.45) is 11.8 Å². The summed E-state index contributed by atoms with van der Waals surface area (Å²) in [5, 5.41) is 12.3. The van der Waals surface area contributed by atoms with Gasteiger partial charge < -0.3 is 10.4 Å². The molecule has 0 bridgehead atoms. The highest BCUT2D eigenvalue weighted by molar-refractivity contribution is 5.70. The Morgan fingerprint density at radius 3 is 2.27 bits per heavy atom. The van der Waals surface area contributed by atoms with Crippen LogP contribution in [0.4, 0.5) is 0 Å². The molecule has 88 valence electrons. The summed E-state index contributed by atoms with van der Waals surface area (Å²) in [6.45, 7) is 6.03. The van der Waals surface area contributed by atoms with Crippen LogP contribution in [0.15, 0.2) is 0 Å². The molecule has 1 fully saturated rings. The molecule has 0 aliphatic heterocycles. The fraction of sp³-hybridized carbons (Fsp3) is 0.917. The van der Waals surface area contributed by atoms with Gasteiger partial charge in [0, 0.05) is 12.1 Å². The Bertz CT molecular complexity index is 210. The van der Waals surface area contributed by atoms with E-state index in [2.05, 4.69) is 12.2 Å². The van der Waals surface area contributed by atoms with Crippen LogP contribution in [0.5, 0.6) is 0 Å². The first-order valence-corrected chi connectivity index (χ1v) is 5.99. The highest BCUT2D eigenvalue weighted by Crippen LogP contribution is 2.24. The van der Waals surface area contributed by atoms with Gasteiger partial charge in [-0.1, -0.05) is 13.8 Å². The number of rotatable bonds is 4. The van der Waals surface area contributed by atoms with Crippen molar-refractivity contribution < 1.29 is 9.90 Å². The van der Waals surface area contributed by atoms with Crippen molar-refractivity contribution in [1.29, 1.82) is 0 Å². The fourth-order valence-corrected chi connectivity index (χ4v) is 2.16. The van der Waals surface area contributed by atoms with E-state index < -0.39 is 5.97 Å². The van der Waals surface area contributed by atoms with E-state index >= 15 is 0 Å². The average molecular weight is 213 g/mol. The van der Waals surface area contributed by atoms with E-state index in [-0.39, 0.29) is 12.0 Å². The molecule has 1 aliphatic carbocycles. The number of carboxylic acids is 1. The average Bonchev–Trinajstić information content (AvgIpc) is 2.20. The topological polar surface area (TPSA) is 49.3 Å². The smallest absolute Gasteiger partial charge is 0.307 e. The lowest BCUT2D eigenvalue weighted by Crippen LogP contribution is -2.43. The number of hydrogen-bond donors (Lipinski definition) is 2. The first-order chi connectivity index (χ1) is 7.00. The molecule has 0 heterocycles. The molecule has 1 rings (SSSR count). The van der Waals surface area contributed by atoms with Crippen LogP contribution >= 0.6 is 0 Å². The molecule has 0 amide bonds. The number of carboxylic acid groups (broad SMARTS) is 1.